The Balaban J connectivity index is 2.51. The number of likely N-dealkylation sites (tertiary alicyclic amines) is 1. The number of methoxy groups -OCH3 is 1. The summed E-state index contributed by atoms with van der Waals surface area (Å²) in [6.45, 7) is 3.21. The number of nitriles is 1. The van der Waals surface area contributed by atoms with Crippen molar-refractivity contribution in [3.05, 3.63) is 0 Å². The van der Waals surface area contributed by atoms with Crippen LogP contribution in [0.4, 0.5) is 0 Å². The molecule has 14 heavy (non-hydrogen) atoms. The molecule has 0 aromatic rings. The number of hydrogen-bond acceptors (Lipinski definition) is 3. The molecule has 0 aromatic carbocycles. The van der Waals surface area contributed by atoms with E-state index < -0.39 is 5.92 Å². The highest BCUT2D eigenvalue weighted by Crippen LogP contribution is 2.16. The predicted octanol–water partition coefficient (Wildman–Crippen LogP) is 0.783. The largest absolute Gasteiger partial charge is 0.380 e. The molecule has 2 unspecified atom stereocenters. The maximum atomic E-state index is 11.7. The molecule has 1 heterocycles. The van der Waals surface area contributed by atoms with E-state index in [9.17, 15) is 4.79 Å². The molecule has 1 saturated heterocycles. The zero-order valence-electron chi connectivity index (χ0n) is 8.69. The van der Waals surface area contributed by atoms with Crippen molar-refractivity contribution >= 4 is 5.91 Å². The van der Waals surface area contributed by atoms with E-state index in [-0.39, 0.29) is 12.0 Å². The van der Waals surface area contributed by atoms with Crippen LogP contribution in [0.3, 0.4) is 0 Å². The zero-order chi connectivity index (χ0) is 10.6. The quantitative estimate of drug-likeness (QED) is 0.670. The van der Waals surface area contributed by atoms with Gasteiger partial charge in [0.05, 0.1) is 12.2 Å². The van der Waals surface area contributed by atoms with Gasteiger partial charge in [0, 0.05) is 20.2 Å². The Hall–Kier alpha value is -1.08. The number of ether oxygens (including phenoxy) is 1. The molecule has 0 bridgehead atoms. The fourth-order valence-corrected chi connectivity index (χ4v) is 1.66. The van der Waals surface area contributed by atoms with E-state index in [0.717, 1.165) is 13.0 Å². The van der Waals surface area contributed by atoms with E-state index in [1.165, 1.54) is 0 Å². The van der Waals surface area contributed by atoms with Gasteiger partial charge in [-0.1, -0.05) is 6.92 Å². The predicted molar refractivity (Wildman–Crippen MR) is 51.4 cm³/mol. The Morgan fingerprint density at radius 1 is 1.79 bits per heavy atom. The molecule has 0 radical (unpaired) electrons. The summed E-state index contributed by atoms with van der Waals surface area (Å²) in [5, 5.41) is 8.75. The number of hydrogen-bond donors (Lipinski definition) is 0. The van der Waals surface area contributed by atoms with Gasteiger partial charge in [-0.2, -0.15) is 5.26 Å². The second-order valence-corrected chi connectivity index (χ2v) is 3.52. The number of rotatable bonds is 3. The lowest BCUT2D eigenvalue weighted by molar-refractivity contribution is -0.133. The van der Waals surface area contributed by atoms with Gasteiger partial charge in [-0.05, 0) is 12.8 Å². The average Bonchev–Trinajstić information content (AvgIpc) is 2.67. The maximum Gasteiger partial charge on any atom is 0.240 e. The van der Waals surface area contributed by atoms with Gasteiger partial charge in [-0.15, -0.1) is 0 Å². The number of carbonyl (C=O) groups excluding carboxylic acids is 1. The molecule has 1 rings (SSSR count). The fourth-order valence-electron chi connectivity index (χ4n) is 1.66. The van der Waals surface area contributed by atoms with Crippen LogP contribution in [0.2, 0.25) is 0 Å². The Morgan fingerprint density at radius 3 is 2.93 bits per heavy atom. The maximum absolute atomic E-state index is 11.7. The molecule has 0 aromatic heterocycles. The van der Waals surface area contributed by atoms with Crippen molar-refractivity contribution in [3.8, 4) is 6.07 Å². The van der Waals surface area contributed by atoms with E-state index >= 15 is 0 Å². The van der Waals surface area contributed by atoms with Crippen LogP contribution in [0.5, 0.6) is 0 Å². The first-order chi connectivity index (χ1) is 6.72. The van der Waals surface area contributed by atoms with E-state index in [1.807, 2.05) is 13.0 Å². The summed E-state index contributed by atoms with van der Waals surface area (Å²) >= 11 is 0. The number of nitrogens with zero attached hydrogens (tertiary/aromatic N) is 2. The molecule has 0 aliphatic carbocycles. The molecule has 1 aliphatic heterocycles. The summed E-state index contributed by atoms with van der Waals surface area (Å²) in [5.41, 5.74) is 0. The third-order valence-corrected chi connectivity index (χ3v) is 2.65. The molecule has 0 N–H and O–H groups in total. The van der Waals surface area contributed by atoms with E-state index in [1.54, 1.807) is 12.0 Å². The van der Waals surface area contributed by atoms with Crippen LogP contribution in [-0.4, -0.2) is 37.1 Å². The van der Waals surface area contributed by atoms with Gasteiger partial charge >= 0.3 is 0 Å². The van der Waals surface area contributed by atoms with E-state index in [4.69, 9.17) is 10.00 Å². The van der Waals surface area contributed by atoms with Crippen molar-refractivity contribution in [2.24, 2.45) is 5.92 Å². The van der Waals surface area contributed by atoms with Crippen LogP contribution < -0.4 is 0 Å². The standard InChI is InChI=1S/C10H16N2O2/c1-3-8(6-11)10(13)12-5-4-9(7-12)14-2/h8-9H,3-5,7H2,1-2H3. The molecule has 0 saturated carbocycles. The van der Waals surface area contributed by atoms with Gasteiger partial charge < -0.3 is 9.64 Å². The van der Waals surface area contributed by atoms with Gasteiger partial charge in [0.15, 0.2) is 0 Å². The van der Waals surface area contributed by atoms with Gasteiger partial charge in [0.1, 0.15) is 5.92 Å². The summed E-state index contributed by atoms with van der Waals surface area (Å²) in [6, 6.07) is 2.03. The molecule has 1 aliphatic rings. The van der Waals surface area contributed by atoms with Crippen LogP contribution in [0.25, 0.3) is 0 Å². The van der Waals surface area contributed by atoms with Crippen molar-refractivity contribution in [3.63, 3.8) is 0 Å². The lowest BCUT2D eigenvalue weighted by atomic mass is 10.1. The van der Waals surface area contributed by atoms with E-state index in [0.29, 0.717) is 13.0 Å². The summed E-state index contributed by atoms with van der Waals surface area (Å²) in [6.07, 6.45) is 1.61. The average molecular weight is 196 g/mol. The minimum absolute atomic E-state index is 0.0467. The van der Waals surface area contributed by atoms with Gasteiger partial charge in [-0.25, -0.2) is 0 Å². The molecule has 4 nitrogen and oxygen atoms in total. The third-order valence-electron chi connectivity index (χ3n) is 2.65. The fraction of sp³-hybridized carbons (Fsp3) is 0.800. The highest BCUT2D eigenvalue weighted by atomic mass is 16.5. The Bertz CT molecular complexity index is 247. The van der Waals surface area contributed by atoms with E-state index in [2.05, 4.69) is 0 Å². The highest BCUT2D eigenvalue weighted by molar-refractivity contribution is 5.81. The third kappa shape index (κ3) is 2.24. The van der Waals surface area contributed by atoms with Crippen LogP contribution in [0, 0.1) is 17.2 Å². The van der Waals surface area contributed by atoms with Gasteiger partial charge in [0.2, 0.25) is 5.91 Å². The SMILES string of the molecule is CCC(C#N)C(=O)N1CCC(OC)C1. The minimum Gasteiger partial charge on any atom is -0.380 e. The van der Waals surface area contributed by atoms with Crippen molar-refractivity contribution < 1.29 is 9.53 Å². The molecular formula is C10H16N2O2. The van der Waals surface area contributed by atoms with Gasteiger partial charge in [-0.3, -0.25) is 4.79 Å². The molecule has 2 atom stereocenters. The summed E-state index contributed by atoms with van der Waals surface area (Å²) < 4.78 is 5.16. The Kier molecular flexibility index (Phi) is 3.90. The molecule has 4 heteroatoms. The first kappa shape index (κ1) is 11.0. The summed E-state index contributed by atoms with van der Waals surface area (Å²) in [7, 11) is 1.65. The summed E-state index contributed by atoms with van der Waals surface area (Å²) in [4.78, 5) is 13.4. The van der Waals surface area contributed by atoms with Crippen molar-refractivity contribution in [1.29, 1.82) is 5.26 Å². The van der Waals surface area contributed by atoms with Crippen LogP contribution in [0.1, 0.15) is 19.8 Å². The molecular weight excluding hydrogens is 180 g/mol. The van der Waals surface area contributed by atoms with Crippen molar-refractivity contribution in [2.45, 2.75) is 25.9 Å². The van der Waals surface area contributed by atoms with Crippen molar-refractivity contribution in [1.82, 2.24) is 4.90 Å². The molecule has 1 amide bonds. The Morgan fingerprint density at radius 2 is 2.50 bits per heavy atom. The molecule has 0 spiro atoms. The number of carbonyl (C=O) groups is 1. The van der Waals surface area contributed by atoms with Crippen LogP contribution >= 0.6 is 0 Å². The van der Waals surface area contributed by atoms with Crippen molar-refractivity contribution in [2.75, 3.05) is 20.2 Å². The topological polar surface area (TPSA) is 53.3 Å². The van der Waals surface area contributed by atoms with Gasteiger partial charge in [0.25, 0.3) is 0 Å². The second kappa shape index (κ2) is 4.97. The highest BCUT2D eigenvalue weighted by Gasteiger charge is 2.29. The summed E-state index contributed by atoms with van der Waals surface area (Å²) in [5.74, 6) is -0.528. The Labute approximate surface area is 84.4 Å². The monoisotopic (exact) mass is 196 g/mol. The molecule has 1 fully saturated rings. The number of amides is 1. The molecule has 78 valence electrons. The van der Waals surface area contributed by atoms with Crippen LogP contribution in [0.15, 0.2) is 0 Å². The lowest BCUT2D eigenvalue weighted by Gasteiger charge is -2.18. The minimum atomic E-state index is -0.481. The zero-order valence-corrected chi connectivity index (χ0v) is 8.69. The first-order valence-corrected chi connectivity index (χ1v) is 4.94. The lowest BCUT2D eigenvalue weighted by Crippen LogP contribution is -2.34. The normalized spacial score (nSPS) is 23.2. The first-order valence-electron chi connectivity index (χ1n) is 4.94. The second-order valence-electron chi connectivity index (χ2n) is 3.52. The van der Waals surface area contributed by atoms with Crippen LogP contribution in [-0.2, 0) is 9.53 Å². The smallest absolute Gasteiger partial charge is 0.240 e.